The summed E-state index contributed by atoms with van der Waals surface area (Å²) in [6, 6.07) is 4.34. The van der Waals surface area contributed by atoms with Gasteiger partial charge in [0.15, 0.2) is 10.3 Å². The molecule has 0 aliphatic carbocycles. The minimum Gasteiger partial charge on any atom is -0.317 e. The number of nitrogens with zero attached hydrogens (tertiary/aromatic N) is 5. The number of aromatic nitrogens is 2. The van der Waals surface area contributed by atoms with Gasteiger partial charge in [0, 0.05) is 34.6 Å². The Morgan fingerprint density at radius 3 is 2.09 bits per heavy atom. The van der Waals surface area contributed by atoms with Gasteiger partial charge in [-0.15, -0.1) is 34.0 Å². The molecular weight excluding hydrogens is 346 g/mol. The lowest BCUT2D eigenvalue weighted by Crippen LogP contribution is -2.55. The van der Waals surface area contributed by atoms with E-state index in [9.17, 15) is 0 Å². The molecule has 0 saturated carbocycles. The third-order valence-corrected chi connectivity index (χ3v) is 6.32. The molecule has 0 unspecified atom stereocenters. The number of hydrogen-bond donors (Lipinski definition) is 0. The molecule has 0 radical (unpaired) electrons. The van der Waals surface area contributed by atoms with Crippen LogP contribution in [0.1, 0.15) is 4.88 Å². The van der Waals surface area contributed by atoms with Gasteiger partial charge in [-0.2, -0.15) is 0 Å². The summed E-state index contributed by atoms with van der Waals surface area (Å²) in [6.45, 7) is 3.72. The van der Waals surface area contributed by atoms with Gasteiger partial charge < -0.3 is 9.80 Å². The quantitative estimate of drug-likeness (QED) is 0.694. The van der Waals surface area contributed by atoms with E-state index in [0.717, 1.165) is 43.2 Å². The molecule has 0 amide bonds. The minimum absolute atomic E-state index is 0.844. The molecule has 0 N–H and O–H groups in total. The average Bonchev–Trinajstić information content (AvgIpc) is 3.36. The largest absolute Gasteiger partial charge is 0.317 e. The van der Waals surface area contributed by atoms with Crippen LogP contribution in [0.15, 0.2) is 40.7 Å². The van der Waals surface area contributed by atoms with E-state index in [1.54, 1.807) is 22.7 Å². The summed E-state index contributed by atoms with van der Waals surface area (Å²) in [4.78, 5) is 17.5. The molecule has 5 nitrogen and oxygen atoms in total. The van der Waals surface area contributed by atoms with Gasteiger partial charge in [0.05, 0.1) is 20.0 Å². The SMILES string of the molecule is c1csc(CCN2CN(c3nccs3)CN(c3nccs3)C2)c1. The molecule has 1 saturated heterocycles. The lowest BCUT2D eigenvalue weighted by molar-refractivity contribution is 0.245. The molecule has 120 valence electrons. The molecule has 0 spiro atoms. The molecule has 4 rings (SSSR count). The minimum atomic E-state index is 0.844. The zero-order valence-corrected chi connectivity index (χ0v) is 15.0. The van der Waals surface area contributed by atoms with Crippen molar-refractivity contribution in [1.29, 1.82) is 0 Å². The van der Waals surface area contributed by atoms with Crippen LogP contribution in [0.3, 0.4) is 0 Å². The number of anilines is 2. The summed E-state index contributed by atoms with van der Waals surface area (Å²) < 4.78 is 0. The highest BCUT2D eigenvalue weighted by Crippen LogP contribution is 2.26. The van der Waals surface area contributed by atoms with Crippen LogP contribution in [0.5, 0.6) is 0 Å². The first-order valence-corrected chi connectivity index (χ1v) is 10.1. The highest BCUT2D eigenvalue weighted by molar-refractivity contribution is 7.14. The number of thiophene rings is 1. The molecule has 0 atom stereocenters. The lowest BCUT2D eigenvalue weighted by Gasteiger charge is -2.42. The summed E-state index contributed by atoms with van der Waals surface area (Å²) in [5.74, 6) is 0. The van der Waals surface area contributed by atoms with Gasteiger partial charge in [-0.05, 0) is 17.9 Å². The predicted octanol–water partition coefficient (Wildman–Crippen LogP) is 3.40. The Bertz CT molecular complexity index is 653. The van der Waals surface area contributed by atoms with Crippen LogP contribution in [-0.2, 0) is 6.42 Å². The second-order valence-corrected chi connectivity index (χ2v) is 8.14. The van der Waals surface area contributed by atoms with Crippen LogP contribution >= 0.6 is 34.0 Å². The molecule has 0 bridgehead atoms. The smallest absolute Gasteiger partial charge is 0.187 e. The first-order chi connectivity index (χ1) is 11.4. The molecular formula is C15H17N5S3. The van der Waals surface area contributed by atoms with Gasteiger partial charge in [0.2, 0.25) is 0 Å². The summed E-state index contributed by atoms with van der Waals surface area (Å²) in [5, 5.41) is 8.37. The highest BCUT2D eigenvalue weighted by Gasteiger charge is 2.26. The monoisotopic (exact) mass is 363 g/mol. The molecule has 0 aromatic carbocycles. The van der Waals surface area contributed by atoms with Crippen LogP contribution < -0.4 is 9.80 Å². The highest BCUT2D eigenvalue weighted by atomic mass is 32.1. The van der Waals surface area contributed by atoms with E-state index in [-0.39, 0.29) is 0 Å². The number of rotatable bonds is 5. The molecule has 1 aliphatic heterocycles. The van der Waals surface area contributed by atoms with Gasteiger partial charge >= 0.3 is 0 Å². The number of thiazole rings is 2. The summed E-state index contributed by atoms with van der Waals surface area (Å²) in [7, 11) is 0. The second-order valence-electron chi connectivity index (χ2n) is 5.36. The molecule has 1 aliphatic rings. The van der Waals surface area contributed by atoms with E-state index in [1.165, 1.54) is 4.88 Å². The van der Waals surface area contributed by atoms with Crippen molar-refractivity contribution in [2.75, 3.05) is 36.4 Å². The fourth-order valence-electron chi connectivity index (χ4n) is 2.67. The fourth-order valence-corrected chi connectivity index (χ4v) is 4.63. The van der Waals surface area contributed by atoms with E-state index in [0.29, 0.717) is 0 Å². The summed E-state index contributed by atoms with van der Waals surface area (Å²) >= 11 is 5.22. The first kappa shape index (κ1) is 15.1. The van der Waals surface area contributed by atoms with Crippen molar-refractivity contribution >= 4 is 44.3 Å². The Morgan fingerprint density at radius 1 is 0.870 bits per heavy atom. The van der Waals surface area contributed by atoms with Crippen molar-refractivity contribution < 1.29 is 0 Å². The van der Waals surface area contributed by atoms with Crippen LogP contribution in [0, 0.1) is 0 Å². The maximum Gasteiger partial charge on any atom is 0.187 e. The van der Waals surface area contributed by atoms with Crippen molar-refractivity contribution in [3.8, 4) is 0 Å². The van der Waals surface area contributed by atoms with Crippen molar-refractivity contribution in [1.82, 2.24) is 14.9 Å². The number of hydrogen-bond acceptors (Lipinski definition) is 8. The Labute approximate surface area is 147 Å². The van der Waals surface area contributed by atoms with Gasteiger partial charge in [-0.25, -0.2) is 9.97 Å². The second kappa shape index (κ2) is 6.96. The summed E-state index contributed by atoms with van der Waals surface area (Å²) in [6.07, 6.45) is 4.84. The van der Waals surface area contributed by atoms with Gasteiger partial charge in [0.1, 0.15) is 0 Å². The third kappa shape index (κ3) is 3.55. The van der Waals surface area contributed by atoms with Crippen molar-refractivity contribution in [3.63, 3.8) is 0 Å². The van der Waals surface area contributed by atoms with Gasteiger partial charge in [0.25, 0.3) is 0 Å². The predicted molar refractivity (Wildman–Crippen MR) is 98.5 cm³/mol. The molecule has 4 heterocycles. The first-order valence-electron chi connectivity index (χ1n) is 7.42. The maximum atomic E-state index is 4.48. The maximum absolute atomic E-state index is 4.48. The average molecular weight is 364 g/mol. The van der Waals surface area contributed by atoms with E-state index in [4.69, 9.17) is 0 Å². The van der Waals surface area contributed by atoms with E-state index < -0.39 is 0 Å². The van der Waals surface area contributed by atoms with E-state index in [1.807, 2.05) is 34.5 Å². The van der Waals surface area contributed by atoms with Crippen LogP contribution in [0.4, 0.5) is 10.3 Å². The molecule has 23 heavy (non-hydrogen) atoms. The van der Waals surface area contributed by atoms with Crippen molar-refractivity contribution in [2.24, 2.45) is 0 Å². The Morgan fingerprint density at radius 2 is 1.57 bits per heavy atom. The Hall–Kier alpha value is -1.48. The van der Waals surface area contributed by atoms with E-state index >= 15 is 0 Å². The van der Waals surface area contributed by atoms with Crippen LogP contribution in [0.25, 0.3) is 0 Å². The third-order valence-electron chi connectivity index (χ3n) is 3.72. The van der Waals surface area contributed by atoms with Crippen molar-refractivity contribution in [3.05, 3.63) is 45.5 Å². The zero-order valence-electron chi connectivity index (χ0n) is 12.5. The summed E-state index contributed by atoms with van der Waals surface area (Å²) in [5.41, 5.74) is 0. The normalized spacial score (nSPS) is 16.2. The standard InChI is InChI=1S/C15H17N5S3/c1-2-13(21-7-1)3-6-18-10-19(14-16-4-8-22-14)12-20(11-18)15-17-5-9-23-15/h1-2,4-5,7-9H,3,6,10-12H2. The topological polar surface area (TPSA) is 35.5 Å². The van der Waals surface area contributed by atoms with Crippen LogP contribution in [-0.4, -0.2) is 41.4 Å². The molecule has 1 fully saturated rings. The Balaban J connectivity index is 1.48. The molecule has 3 aromatic heterocycles. The molecule has 8 heteroatoms. The zero-order chi connectivity index (χ0) is 15.5. The van der Waals surface area contributed by atoms with E-state index in [2.05, 4.69) is 42.2 Å². The van der Waals surface area contributed by atoms with Crippen molar-refractivity contribution in [2.45, 2.75) is 6.42 Å². The Kier molecular flexibility index (Phi) is 4.56. The van der Waals surface area contributed by atoms with Gasteiger partial charge in [-0.1, -0.05) is 6.07 Å². The fraction of sp³-hybridized carbons (Fsp3) is 0.333. The van der Waals surface area contributed by atoms with Crippen LogP contribution in [0.2, 0.25) is 0 Å². The molecule has 3 aromatic rings. The lowest BCUT2D eigenvalue weighted by atomic mass is 10.3. The van der Waals surface area contributed by atoms with Gasteiger partial charge in [-0.3, -0.25) is 4.90 Å².